The molecule has 0 aliphatic heterocycles. The maximum atomic E-state index is 13.5. The van der Waals surface area contributed by atoms with E-state index in [4.69, 9.17) is 4.74 Å². The lowest BCUT2D eigenvalue weighted by Crippen LogP contribution is -2.52. The zero-order chi connectivity index (χ0) is 25.5. The molecule has 0 aromatic heterocycles. The van der Waals surface area contributed by atoms with E-state index in [1.54, 1.807) is 31.2 Å². The number of rotatable bonds is 11. The van der Waals surface area contributed by atoms with E-state index in [1.807, 2.05) is 45.0 Å². The third kappa shape index (κ3) is 7.48. The molecule has 9 heteroatoms. The van der Waals surface area contributed by atoms with Gasteiger partial charge in [-0.1, -0.05) is 42.8 Å². The molecule has 2 aromatic rings. The number of benzene rings is 2. The molecule has 0 spiro atoms. The van der Waals surface area contributed by atoms with Crippen molar-refractivity contribution in [1.29, 1.82) is 0 Å². The largest absolute Gasteiger partial charge is 0.497 e. The molecule has 8 nitrogen and oxygen atoms in total. The second kappa shape index (κ2) is 11.9. The van der Waals surface area contributed by atoms with E-state index < -0.39 is 28.5 Å². The van der Waals surface area contributed by atoms with Crippen molar-refractivity contribution in [1.82, 2.24) is 10.2 Å². The zero-order valence-corrected chi connectivity index (χ0v) is 21.6. The molecule has 0 aliphatic rings. The van der Waals surface area contributed by atoms with Crippen LogP contribution in [0.3, 0.4) is 0 Å². The Hall–Kier alpha value is -3.07. The molecule has 0 bridgehead atoms. The summed E-state index contributed by atoms with van der Waals surface area (Å²) in [5.41, 5.74) is 2.22. The molecule has 2 atom stereocenters. The molecule has 0 saturated carbocycles. The summed E-state index contributed by atoms with van der Waals surface area (Å²) >= 11 is 0. The van der Waals surface area contributed by atoms with E-state index >= 15 is 0 Å². The fourth-order valence-electron chi connectivity index (χ4n) is 3.32. The van der Waals surface area contributed by atoms with Crippen molar-refractivity contribution in [2.24, 2.45) is 0 Å². The van der Waals surface area contributed by atoms with Crippen LogP contribution < -0.4 is 14.4 Å². The minimum Gasteiger partial charge on any atom is -0.497 e. The number of anilines is 1. The van der Waals surface area contributed by atoms with Gasteiger partial charge in [-0.05, 0) is 44.9 Å². The Morgan fingerprint density at radius 3 is 2.29 bits per heavy atom. The maximum Gasteiger partial charge on any atom is 0.244 e. The number of carbonyl (C=O) groups excluding carboxylic acids is 2. The van der Waals surface area contributed by atoms with Crippen LogP contribution in [0.4, 0.5) is 5.69 Å². The van der Waals surface area contributed by atoms with Gasteiger partial charge >= 0.3 is 0 Å². The predicted octanol–water partition coefficient (Wildman–Crippen LogP) is 3.10. The highest BCUT2D eigenvalue weighted by Gasteiger charge is 2.30. The SMILES string of the molecule is CC[C@H](C)NC(=O)[C@@H](C)N(Cc1ccc(C)cc1)C(=O)CN(c1cccc(OC)c1)S(C)(=O)=O. The Morgan fingerprint density at radius 1 is 1.09 bits per heavy atom. The fourth-order valence-corrected chi connectivity index (χ4v) is 4.16. The summed E-state index contributed by atoms with van der Waals surface area (Å²) in [4.78, 5) is 27.8. The summed E-state index contributed by atoms with van der Waals surface area (Å²) in [6.45, 7) is 7.20. The lowest BCUT2D eigenvalue weighted by atomic mass is 10.1. The summed E-state index contributed by atoms with van der Waals surface area (Å²) in [5, 5.41) is 2.91. The first-order valence-corrected chi connectivity index (χ1v) is 13.1. The number of methoxy groups -OCH3 is 1. The molecule has 0 fully saturated rings. The highest BCUT2D eigenvalue weighted by atomic mass is 32.2. The normalized spacial score (nSPS) is 13.0. The van der Waals surface area contributed by atoms with E-state index in [0.29, 0.717) is 11.4 Å². The van der Waals surface area contributed by atoms with Crippen LogP contribution in [0.1, 0.15) is 38.3 Å². The monoisotopic (exact) mass is 489 g/mol. The fraction of sp³-hybridized carbons (Fsp3) is 0.440. The number of amides is 2. The quantitative estimate of drug-likeness (QED) is 0.523. The molecule has 0 heterocycles. The van der Waals surface area contributed by atoms with Gasteiger partial charge in [-0.3, -0.25) is 13.9 Å². The van der Waals surface area contributed by atoms with Crippen LogP contribution in [-0.2, 0) is 26.2 Å². The van der Waals surface area contributed by atoms with Crippen LogP contribution in [0.5, 0.6) is 5.75 Å². The summed E-state index contributed by atoms with van der Waals surface area (Å²) in [6, 6.07) is 13.3. The van der Waals surface area contributed by atoms with Crippen LogP contribution in [-0.4, -0.2) is 57.1 Å². The average Bonchev–Trinajstić information content (AvgIpc) is 2.80. The number of nitrogens with one attached hydrogen (secondary N) is 1. The van der Waals surface area contributed by atoms with E-state index in [-0.39, 0.29) is 18.5 Å². The zero-order valence-electron chi connectivity index (χ0n) is 20.7. The van der Waals surface area contributed by atoms with E-state index in [1.165, 1.54) is 12.0 Å². The number of nitrogens with zero attached hydrogens (tertiary/aromatic N) is 2. The molecule has 34 heavy (non-hydrogen) atoms. The molecule has 0 aliphatic carbocycles. The topological polar surface area (TPSA) is 96.0 Å². The van der Waals surface area contributed by atoms with Gasteiger partial charge in [0.05, 0.1) is 19.1 Å². The average molecular weight is 490 g/mol. The highest BCUT2D eigenvalue weighted by molar-refractivity contribution is 7.92. The van der Waals surface area contributed by atoms with Gasteiger partial charge < -0.3 is 15.0 Å². The van der Waals surface area contributed by atoms with Gasteiger partial charge in [0.15, 0.2) is 0 Å². The Kier molecular flexibility index (Phi) is 9.49. The first-order chi connectivity index (χ1) is 16.0. The molecule has 186 valence electrons. The van der Waals surface area contributed by atoms with Crippen molar-refractivity contribution < 1.29 is 22.7 Å². The van der Waals surface area contributed by atoms with Gasteiger partial charge in [-0.25, -0.2) is 8.42 Å². The number of hydrogen-bond acceptors (Lipinski definition) is 5. The number of aryl methyl sites for hydroxylation is 1. The summed E-state index contributed by atoms with van der Waals surface area (Å²) < 4.78 is 31.5. The van der Waals surface area contributed by atoms with Gasteiger partial charge in [-0.15, -0.1) is 0 Å². The maximum absolute atomic E-state index is 13.5. The second-order valence-corrected chi connectivity index (χ2v) is 10.4. The van der Waals surface area contributed by atoms with Gasteiger partial charge in [0.2, 0.25) is 21.8 Å². The van der Waals surface area contributed by atoms with Gasteiger partial charge in [0.25, 0.3) is 0 Å². The van der Waals surface area contributed by atoms with E-state index in [0.717, 1.165) is 28.1 Å². The highest BCUT2D eigenvalue weighted by Crippen LogP contribution is 2.23. The van der Waals surface area contributed by atoms with E-state index in [9.17, 15) is 18.0 Å². The minimum atomic E-state index is -3.79. The third-order valence-corrected chi connectivity index (χ3v) is 6.80. The van der Waals surface area contributed by atoms with Crippen molar-refractivity contribution in [3.8, 4) is 5.75 Å². The molecular weight excluding hydrogens is 454 g/mol. The van der Waals surface area contributed by atoms with Crippen molar-refractivity contribution in [3.63, 3.8) is 0 Å². The Morgan fingerprint density at radius 2 is 1.74 bits per heavy atom. The molecule has 0 unspecified atom stereocenters. The number of carbonyl (C=O) groups is 2. The standard InChI is InChI=1S/C25H35N3O5S/c1-7-19(3)26-25(30)20(4)27(16-21-13-11-18(2)12-14-21)24(29)17-28(34(6,31)32)22-9-8-10-23(15-22)33-5/h8-15,19-20H,7,16-17H2,1-6H3,(H,26,30)/t19-,20+/m0/s1. The molecular formula is C25H35N3O5S. The van der Waals surface area contributed by atoms with Gasteiger partial charge in [-0.2, -0.15) is 0 Å². The predicted molar refractivity (Wildman–Crippen MR) is 134 cm³/mol. The van der Waals surface area contributed by atoms with Crippen LogP contribution in [0.15, 0.2) is 48.5 Å². The van der Waals surface area contributed by atoms with Crippen LogP contribution in [0.25, 0.3) is 0 Å². The van der Waals surface area contributed by atoms with Crippen molar-refractivity contribution in [2.45, 2.75) is 52.7 Å². The molecule has 1 N–H and O–H groups in total. The van der Waals surface area contributed by atoms with Gasteiger partial charge in [0, 0.05) is 18.7 Å². The second-order valence-electron chi connectivity index (χ2n) is 8.47. The molecule has 2 amide bonds. The van der Waals surface area contributed by atoms with Crippen molar-refractivity contribution in [3.05, 3.63) is 59.7 Å². The summed E-state index contributed by atoms with van der Waals surface area (Å²) in [6.07, 6.45) is 1.80. The first kappa shape index (κ1) is 27.2. The molecule has 0 saturated heterocycles. The first-order valence-electron chi connectivity index (χ1n) is 11.2. The lowest BCUT2D eigenvalue weighted by Gasteiger charge is -2.32. The third-order valence-electron chi connectivity index (χ3n) is 5.66. The van der Waals surface area contributed by atoms with Gasteiger partial charge in [0.1, 0.15) is 18.3 Å². The molecule has 2 rings (SSSR count). The number of hydrogen-bond donors (Lipinski definition) is 1. The number of ether oxygens (including phenoxy) is 1. The molecule has 0 radical (unpaired) electrons. The van der Waals surface area contributed by atoms with Crippen LogP contribution in [0, 0.1) is 6.92 Å². The lowest BCUT2D eigenvalue weighted by molar-refractivity contribution is -0.139. The summed E-state index contributed by atoms with van der Waals surface area (Å²) in [7, 11) is -2.31. The van der Waals surface area contributed by atoms with E-state index in [2.05, 4.69) is 5.32 Å². The minimum absolute atomic E-state index is 0.0458. The summed E-state index contributed by atoms with van der Waals surface area (Å²) in [5.74, 6) is -0.306. The number of sulfonamides is 1. The van der Waals surface area contributed by atoms with Crippen LogP contribution in [0.2, 0.25) is 0 Å². The van der Waals surface area contributed by atoms with Crippen LogP contribution >= 0.6 is 0 Å². The smallest absolute Gasteiger partial charge is 0.244 e. The Bertz CT molecular complexity index is 1090. The van der Waals surface area contributed by atoms with Crippen molar-refractivity contribution >= 4 is 27.5 Å². The Labute approximate surface area is 202 Å². The Balaban J connectivity index is 2.38. The van der Waals surface area contributed by atoms with Crippen molar-refractivity contribution in [2.75, 3.05) is 24.2 Å². The molecule has 2 aromatic carbocycles.